The Morgan fingerprint density at radius 1 is 1.44 bits per heavy atom. The third-order valence-corrected chi connectivity index (χ3v) is 3.10. The third-order valence-electron chi connectivity index (χ3n) is 3.10. The number of ether oxygens (including phenoxy) is 1. The lowest BCUT2D eigenvalue weighted by atomic mass is 9.94. The largest absolute Gasteiger partial charge is 0.380 e. The Balaban J connectivity index is 1.94. The molecule has 0 bridgehead atoms. The maximum atomic E-state index is 13.4. The molecule has 0 saturated carbocycles. The fraction of sp³-hybridized carbons (Fsp3) is 0.538. The van der Waals surface area contributed by atoms with Gasteiger partial charge in [-0.2, -0.15) is 0 Å². The van der Waals surface area contributed by atoms with Crippen LogP contribution in [0.4, 0.5) is 4.39 Å². The molecule has 0 radical (unpaired) electrons. The Morgan fingerprint density at radius 3 is 2.94 bits per heavy atom. The van der Waals surface area contributed by atoms with Crippen LogP contribution in [-0.2, 0) is 11.3 Å². The van der Waals surface area contributed by atoms with E-state index >= 15 is 0 Å². The summed E-state index contributed by atoms with van der Waals surface area (Å²) in [6, 6.07) is 6.89. The second-order valence-electron chi connectivity index (χ2n) is 4.66. The van der Waals surface area contributed by atoms with Crippen molar-refractivity contribution in [1.82, 2.24) is 5.32 Å². The Morgan fingerprint density at radius 2 is 2.25 bits per heavy atom. The molecule has 0 spiro atoms. The predicted octanol–water partition coefficient (Wildman–Crippen LogP) is 2.48. The molecule has 2 nitrogen and oxygen atoms in total. The minimum Gasteiger partial charge on any atom is -0.380 e. The topological polar surface area (TPSA) is 21.3 Å². The van der Waals surface area contributed by atoms with Gasteiger partial charge in [-0.15, -0.1) is 0 Å². The molecule has 0 aliphatic carbocycles. The maximum Gasteiger partial charge on any atom is 0.127 e. The lowest BCUT2D eigenvalue weighted by Gasteiger charge is -2.34. The first-order chi connectivity index (χ1) is 7.70. The molecule has 1 aliphatic heterocycles. The van der Waals surface area contributed by atoms with Gasteiger partial charge in [0.2, 0.25) is 0 Å². The molecular weight excluding hydrogens is 205 g/mol. The lowest BCUT2D eigenvalue weighted by Crippen LogP contribution is -2.48. The highest BCUT2D eigenvalue weighted by atomic mass is 19.1. The number of hydrogen-bond acceptors (Lipinski definition) is 2. The first kappa shape index (κ1) is 11.6. The summed E-state index contributed by atoms with van der Waals surface area (Å²) in [7, 11) is 0. The molecule has 1 saturated heterocycles. The van der Waals surface area contributed by atoms with Crippen LogP contribution in [0, 0.1) is 5.82 Å². The summed E-state index contributed by atoms with van der Waals surface area (Å²) < 4.78 is 18.8. The first-order valence-corrected chi connectivity index (χ1v) is 5.76. The van der Waals surface area contributed by atoms with Crippen LogP contribution in [0.25, 0.3) is 0 Å². The standard InChI is InChI=1S/C13H18FNO/c1-13(7-4-8-16-10-13)15-9-11-5-2-3-6-12(11)14/h2-3,5-6,15H,4,7-10H2,1H3. The Kier molecular flexibility index (Phi) is 3.56. The van der Waals surface area contributed by atoms with E-state index in [9.17, 15) is 4.39 Å². The summed E-state index contributed by atoms with van der Waals surface area (Å²) in [4.78, 5) is 0. The first-order valence-electron chi connectivity index (χ1n) is 5.76. The van der Waals surface area contributed by atoms with Crippen molar-refractivity contribution in [3.05, 3.63) is 35.6 Å². The van der Waals surface area contributed by atoms with Crippen molar-refractivity contribution in [2.75, 3.05) is 13.2 Å². The summed E-state index contributed by atoms with van der Waals surface area (Å²) in [6.07, 6.45) is 2.15. The van der Waals surface area contributed by atoms with Crippen LogP contribution in [-0.4, -0.2) is 18.8 Å². The normalized spacial score (nSPS) is 25.6. The van der Waals surface area contributed by atoms with E-state index in [0.717, 1.165) is 19.4 Å². The van der Waals surface area contributed by atoms with Crippen molar-refractivity contribution in [2.45, 2.75) is 31.8 Å². The van der Waals surface area contributed by atoms with E-state index in [1.54, 1.807) is 6.07 Å². The Bertz CT molecular complexity index is 348. The van der Waals surface area contributed by atoms with Gasteiger partial charge >= 0.3 is 0 Å². The molecular formula is C13H18FNO. The smallest absolute Gasteiger partial charge is 0.127 e. The zero-order chi connectivity index (χ0) is 11.4. The van der Waals surface area contributed by atoms with E-state index in [4.69, 9.17) is 4.74 Å². The minimum absolute atomic E-state index is 0.0134. The molecule has 0 aromatic heterocycles. The van der Waals surface area contributed by atoms with Crippen LogP contribution in [0.15, 0.2) is 24.3 Å². The molecule has 88 valence electrons. The van der Waals surface area contributed by atoms with Crippen molar-refractivity contribution in [3.8, 4) is 0 Å². The fourth-order valence-electron chi connectivity index (χ4n) is 2.02. The molecule has 1 N–H and O–H groups in total. The molecule has 2 rings (SSSR count). The SMILES string of the molecule is CC1(NCc2ccccc2F)CCCOC1. The molecule has 3 heteroatoms. The van der Waals surface area contributed by atoms with E-state index in [1.807, 2.05) is 12.1 Å². The fourth-order valence-corrected chi connectivity index (χ4v) is 2.02. The highest BCUT2D eigenvalue weighted by Gasteiger charge is 2.26. The lowest BCUT2D eigenvalue weighted by molar-refractivity contribution is 0.0276. The van der Waals surface area contributed by atoms with Crippen LogP contribution in [0.3, 0.4) is 0 Å². The summed E-state index contributed by atoms with van der Waals surface area (Å²) in [6.45, 7) is 4.25. The van der Waals surface area contributed by atoms with Gasteiger partial charge in [0.1, 0.15) is 5.82 Å². The van der Waals surface area contributed by atoms with Crippen molar-refractivity contribution < 1.29 is 9.13 Å². The molecule has 1 aromatic carbocycles. The van der Waals surface area contributed by atoms with Gasteiger partial charge in [0.25, 0.3) is 0 Å². The molecule has 1 atom stereocenters. The van der Waals surface area contributed by atoms with Crippen LogP contribution in [0.2, 0.25) is 0 Å². The number of benzene rings is 1. The van der Waals surface area contributed by atoms with E-state index in [2.05, 4.69) is 12.2 Å². The van der Waals surface area contributed by atoms with E-state index in [-0.39, 0.29) is 11.4 Å². The van der Waals surface area contributed by atoms with Crippen molar-refractivity contribution in [1.29, 1.82) is 0 Å². The predicted molar refractivity (Wildman–Crippen MR) is 61.7 cm³/mol. The van der Waals surface area contributed by atoms with Crippen molar-refractivity contribution in [3.63, 3.8) is 0 Å². The molecule has 16 heavy (non-hydrogen) atoms. The average Bonchev–Trinajstić information content (AvgIpc) is 2.29. The van der Waals surface area contributed by atoms with Gasteiger partial charge in [-0.05, 0) is 25.8 Å². The number of nitrogens with one attached hydrogen (secondary N) is 1. The highest BCUT2D eigenvalue weighted by Crippen LogP contribution is 2.19. The molecule has 1 unspecified atom stereocenters. The van der Waals surface area contributed by atoms with Crippen LogP contribution >= 0.6 is 0 Å². The molecule has 1 aromatic rings. The van der Waals surface area contributed by atoms with E-state index in [0.29, 0.717) is 18.7 Å². The Hall–Kier alpha value is -0.930. The summed E-state index contributed by atoms with van der Waals surface area (Å²) >= 11 is 0. The summed E-state index contributed by atoms with van der Waals surface area (Å²) in [5, 5.41) is 3.39. The zero-order valence-electron chi connectivity index (χ0n) is 9.63. The van der Waals surface area contributed by atoms with Crippen molar-refractivity contribution >= 4 is 0 Å². The Labute approximate surface area is 95.8 Å². The van der Waals surface area contributed by atoms with Gasteiger partial charge < -0.3 is 10.1 Å². The number of rotatable bonds is 3. The third kappa shape index (κ3) is 2.80. The van der Waals surface area contributed by atoms with Crippen LogP contribution in [0.5, 0.6) is 0 Å². The summed E-state index contributed by atoms with van der Waals surface area (Å²) in [5.41, 5.74) is 0.704. The molecule has 1 aliphatic rings. The monoisotopic (exact) mass is 223 g/mol. The van der Waals surface area contributed by atoms with Crippen molar-refractivity contribution in [2.24, 2.45) is 0 Å². The molecule has 0 amide bonds. The molecule has 1 heterocycles. The summed E-state index contributed by atoms with van der Waals surface area (Å²) in [5.74, 6) is -0.143. The van der Waals surface area contributed by atoms with Gasteiger partial charge in [-0.1, -0.05) is 18.2 Å². The van der Waals surface area contributed by atoms with Crippen LogP contribution in [0.1, 0.15) is 25.3 Å². The minimum atomic E-state index is -0.143. The highest BCUT2D eigenvalue weighted by molar-refractivity contribution is 5.17. The zero-order valence-corrected chi connectivity index (χ0v) is 9.63. The molecule has 1 fully saturated rings. The number of hydrogen-bond donors (Lipinski definition) is 1. The van der Waals surface area contributed by atoms with E-state index < -0.39 is 0 Å². The van der Waals surface area contributed by atoms with E-state index in [1.165, 1.54) is 6.07 Å². The van der Waals surface area contributed by atoms with Gasteiger partial charge in [-0.3, -0.25) is 0 Å². The second kappa shape index (κ2) is 4.93. The van der Waals surface area contributed by atoms with Gasteiger partial charge in [0.05, 0.1) is 6.61 Å². The number of halogens is 1. The van der Waals surface area contributed by atoms with Crippen LogP contribution < -0.4 is 5.32 Å². The average molecular weight is 223 g/mol. The van der Waals surface area contributed by atoms with Gasteiger partial charge in [0, 0.05) is 24.3 Å². The van der Waals surface area contributed by atoms with Gasteiger partial charge in [-0.25, -0.2) is 4.39 Å². The quantitative estimate of drug-likeness (QED) is 0.850. The maximum absolute atomic E-state index is 13.4. The van der Waals surface area contributed by atoms with Gasteiger partial charge in [0.15, 0.2) is 0 Å². The second-order valence-corrected chi connectivity index (χ2v) is 4.66.